The molecule has 7 heterocycles. The summed E-state index contributed by atoms with van der Waals surface area (Å²) in [4.78, 5) is 34.9. The van der Waals surface area contributed by atoms with Crippen molar-refractivity contribution in [2.24, 2.45) is 0 Å². The predicted octanol–water partition coefficient (Wildman–Crippen LogP) is 7.73. The molecule has 0 saturated carbocycles. The Hall–Kier alpha value is -4.87. The first-order valence-electron chi connectivity index (χ1n) is 20.4. The second kappa shape index (κ2) is 14.7. The number of aryl methyl sites for hydroxylation is 1. The number of amides is 1. The molecule has 5 aliphatic rings. The van der Waals surface area contributed by atoms with Crippen molar-refractivity contribution >= 4 is 33.6 Å². The van der Waals surface area contributed by atoms with Crippen LogP contribution in [-0.2, 0) is 15.9 Å². The molecule has 2 aromatic heterocycles. The quantitative estimate of drug-likeness (QED) is 0.136. The number of hydrogen-bond donors (Lipinski definition) is 0. The van der Waals surface area contributed by atoms with Gasteiger partial charge in [-0.05, 0) is 95.8 Å². The molecule has 5 atom stereocenters. The summed E-state index contributed by atoms with van der Waals surface area (Å²) >= 11 is 0. The van der Waals surface area contributed by atoms with Gasteiger partial charge in [0.05, 0.1) is 40.3 Å². The van der Waals surface area contributed by atoms with Gasteiger partial charge in [0.2, 0.25) is 0 Å². The van der Waals surface area contributed by atoms with E-state index in [2.05, 4.69) is 15.7 Å². The van der Waals surface area contributed by atoms with Gasteiger partial charge >= 0.3 is 12.1 Å². The Balaban J connectivity index is 1.23. The molecular formula is C44H49F3N6O5. The maximum Gasteiger partial charge on any atom is 0.410 e. The van der Waals surface area contributed by atoms with Crippen LogP contribution < -0.4 is 14.4 Å². The molecule has 2 bridgehead atoms. The molecule has 4 fully saturated rings. The van der Waals surface area contributed by atoms with Crippen molar-refractivity contribution in [1.29, 1.82) is 0 Å². The summed E-state index contributed by atoms with van der Waals surface area (Å²) in [7, 11) is 1.49. The average Bonchev–Trinajstić information content (AvgIpc) is 3.84. The normalized spacial score (nSPS) is 25.6. The molecule has 0 spiro atoms. The van der Waals surface area contributed by atoms with E-state index >= 15 is 8.78 Å². The molecule has 9 rings (SSSR count). The van der Waals surface area contributed by atoms with Gasteiger partial charge in [0.25, 0.3) is 0 Å². The maximum absolute atomic E-state index is 17.8. The van der Waals surface area contributed by atoms with Crippen LogP contribution in [0.5, 0.6) is 11.8 Å². The number of carbonyl (C=O) groups is 1. The van der Waals surface area contributed by atoms with Crippen LogP contribution in [0.2, 0.25) is 0 Å². The van der Waals surface area contributed by atoms with Crippen LogP contribution in [0, 0.1) is 24.0 Å². The summed E-state index contributed by atoms with van der Waals surface area (Å²) in [6.45, 7) is 7.28. The lowest BCUT2D eigenvalue weighted by Gasteiger charge is -2.47. The van der Waals surface area contributed by atoms with E-state index in [1.54, 1.807) is 18.2 Å². The van der Waals surface area contributed by atoms with Gasteiger partial charge in [-0.25, -0.2) is 22.9 Å². The fraction of sp³-hybridized carbons (Fsp3) is 0.545. The van der Waals surface area contributed by atoms with E-state index in [-0.39, 0.29) is 66.0 Å². The zero-order valence-electron chi connectivity index (χ0n) is 33.5. The molecule has 2 aromatic carbocycles. The summed E-state index contributed by atoms with van der Waals surface area (Å²) in [6, 6.07) is 5.69. The molecule has 58 heavy (non-hydrogen) atoms. The molecule has 306 valence electrons. The van der Waals surface area contributed by atoms with Gasteiger partial charge in [-0.1, -0.05) is 18.4 Å². The van der Waals surface area contributed by atoms with E-state index in [1.807, 2.05) is 25.7 Å². The Morgan fingerprint density at radius 3 is 2.66 bits per heavy atom. The van der Waals surface area contributed by atoms with E-state index < -0.39 is 28.9 Å². The van der Waals surface area contributed by atoms with Gasteiger partial charge in [0.15, 0.2) is 12.6 Å². The van der Waals surface area contributed by atoms with Gasteiger partial charge < -0.3 is 23.8 Å². The number of hydrogen-bond acceptors (Lipinski definition) is 10. The number of terminal acetylenes is 1. The molecule has 0 N–H and O–H groups in total. The minimum Gasteiger partial charge on any atom is -0.468 e. The molecule has 4 aromatic rings. The summed E-state index contributed by atoms with van der Waals surface area (Å²) < 4.78 is 71.4. The largest absolute Gasteiger partial charge is 0.468 e. The smallest absolute Gasteiger partial charge is 0.410 e. The molecule has 11 nitrogen and oxygen atoms in total. The molecular weight excluding hydrogens is 750 g/mol. The number of ether oxygens (including phenoxy) is 4. The van der Waals surface area contributed by atoms with Crippen molar-refractivity contribution in [3.05, 3.63) is 47.2 Å². The molecule has 4 saturated heterocycles. The number of pyridine rings is 1. The summed E-state index contributed by atoms with van der Waals surface area (Å²) in [5, 5.41) is 1.32. The van der Waals surface area contributed by atoms with E-state index in [9.17, 15) is 9.18 Å². The topological polar surface area (TPSA) is 102 Å². The number of rotatable bonds is 7. The predicted molar refractivity (Wildman–Crippen MR) is 213 cm³/mol. The van der Waals surface area contributed by atoms with Crippen LogP contribution in [0.4, 0.5) is 23.8 Å². The van der Waals surface area contributed by atoms with Crippen LogP contribution in [0.3, 0.4) is 0 Å². The Bertz CT molecular complexity index is 2330. The molecule has 14 heteroatoms. The molecule has 0 aliphatic carbocycles. The zero-order valence-corrected chi connectivity index (χ0v) is 33.5. The first kappa shape index (κ1) is 38.6. The lowest BCUT2D eigenvalue weighted by Crippen LogP contribution is -2.62. The summed E-state index contributed by atoms with van der Waals surface area (Å²) in [6.07, 6.45) is 11.0. The van der Waals surface area contributed by atoms with Crippen LogP contribution in [0.1, 0.15) is 83.4 Å². The van der Waals surface area contributed by atoms with Gasteiger partial charge in [0, 0.05) is 37.6 Å². The number of methoxy groups -OCH3 is 1. The van der Waals surface area contributed by atoms with Crippen LogP contribution in [0.15, 0.2) is 24.3 Å². The second-order valence-electron chi connectivity index (χ2n) is 17.5. The van der Waals surface area contributed by atoms with E-state index in [0.29, 0.717) is 59.4 Å². The third-order valence-electron chi connectivity index (χ3n) is 12.7. The van der Waals surface area contributed by atoms with Gasteiger partial charge in [-0.15, -0.1) is 6.42 Å². The first-order valence-corrected chi connectivity index (χ1v) is 20.4. The number of anilines is 1. The number of fused-ring (bicyclic) bond motifs is 7. The standard InChI is InChI=1S/C44H49F3N6O5/c1-6-29-31(46)14-12-25-18-28(57-24-55-5)19-30(35(25)29)38-37(47)39-36-32(48-38)10-7-8-11-33-34-15-13-27(53(34)42(54)58-43(2,3)4)22-52(33)40(36)50-41(49-39)56-23-44-16-9-17-51(44)21-26(45)20-44/h1,12,14,18-19,26-27,33-34H,7-11,13,15-17,20-24H2,2-5H3/t26-,27-,33-,34+,44+/m1/s1. The van der Waals surface area contributed by atoms with E-state index in [1.165, 1.54) is 13.2 Å². The number of halogens is 3. The molecule has 1 amide bonds. The minimum atomic E-state index is -0.957. The van der Waals surface area contributed by atoms with Crippen LogP contribution >= 0.6 is 0 Å². The average molecular weight is 799 g/mol. The lowest BCUT2D eigenvalue weighted by atomic mass is 9.95. The first-order chi connectivity index (χ1) is 27.9. The SMILES string of the molecule is C#Cc1c(F)ccc2cc(OCOC)cc(-c3nc4c5c(nc(OC[C@@]67CCCN6C[C@H](F)C7)nc5c3F)N3C[C@H]5CC[C@@H]([C@H]3CCCC4)N5C(=O)OC(C)(C)C)c12. The summed E-state index contributed by atoms with van der Waals surface area (Å²) in [5.41, 5.74) is -0.392. The third-order valence-corrected chi connectivity index (χ3v) is 12.7. The Kier molecular flexibility index (Phi) is 9.82. The highest BCUT2D eigenvalue weighted by Crippen LogP contribution is 2.46. The van der Waals surface area contributed by atoms with Crippen molar-refractivity contribution in [2.75, 3.05) is 45.0 Å². The second-order valence-corrected chi connectivity index (χ2v) is 17.5. The van der Waals surface area contributed by atoms with Crippen molar-refractivity contribution in [1.82, 2.24) is 24.8 Å². The highest BCUT2D eigenvalue weighted by Gasteiger charge is 2.51. The molecule has 0 unspecified atom stereocenters. The number of carbonyl (C=O) groups excluding carboxylic acids is 1. The number of nitrogens with zero attached hydrogens (tertiary/aromatic N) is 6. The molecule has 0 radical (unpaired) electrons. The maximum atomic E-state index is 17.8. The van der Waals surface area contributed by atoms with Crippen LogP contribution in [0.25, 0.3) is 32.9 Å². The highest BCUT2D eigenvalue weighted by atomic mass is 19.1. The number of benzene rings is 2. The van der Waals surface area contributed by atoms with Gasteiger partial charge in [0.1, 0.15) is 47.0 Å². The fourth-order valence-electron chi connectivity index (χ4n) is 10.3. The van der Waals surface area contributed by atoms with Crippen molar-refractivity contribution in [3.8, 4) is 35.4 Å². The highest BCUT2D eigenvalue weighted by molar-refractivity contribution is 6.03. The van der Waals surface area contributed by atoms with Crippen LogP contribution in [-0.4, -0.2) is 106 Å². The summed E-state index contributed by atoms with van der Waals surface area (Å²) in [5.74, 6) is 1.96. The van der Waals surface area contributed by atoms with Crippen molar-refractivity contribution in [2.45, 2.75) is 114 Å². The molecule has 5 aliphatic heterocycles. The number of aromatic nitrogens is 3. The Labute approximate surface area is 336 Å². The Morgan fingerprint density at radius 1 is 1.02 bits per heavy atom. The number of piperazine rings is 1. The van der Waals surface area contributed by atoms with Crippen molar-refractivity contribution in [3.63, 3.8) is 0 Å². The fourth-order valence-corrected chi connectivity index (χ4v) is 10.3. The van der Waals surface area contributed by atoms with E-state index in [0.717, 1.165) is 51.5 Å². The van der Waals surface area contributed by atoms with E-state index in [4.69, 9.17) is 40.3 Å². The zero-order chi connectivity index (χ0) is 40.5. The monoisotopic (exact) mass is 798 g/mol. The third kappa shape index (κ3) is 6.64. The number of alkyl halides is 1. The van der Waals surface area contributed by atoms with Gasteiger partial charge in [-0.2, -0.15) is 9.97 Å². The minimum absolute atomic E-state index is 0.00756. The van der Waals surface area contributed by atoms with Crippen molar-refractivity contribution < 1.29 is 36.9 Å². The van der Waals surface area contributed by atoms with Gasteiger partial charge in [-0.3, -0.25) is 9.80 Å². The lowest BCUT2D eigenvalue weighted by molar-refractivity contribution is 0.00702. The Morgan fingerprint density at radius 2 is 1.86 bits per heavy atom.